The lowest BCUT2D eigenvalue weighted by Crippen LogP contribution is -2.28. The molecular weight excluding hydrogens is 436 g/mol. The number of rotatable bonds is 9. The predicted octanol–water partition coefficient (Wildman–Crippen LogP) is 5.69. The maximum Gasteiger partial charge on any atom is 0.251 e. The van der Waals surface area contributed by atoms with Gasteiger partial charge in [-0.1, -0.05) is 72.3 Å². The number of hydrogen-bond donors (Lipinski definition) is 1. The molecule has 1 aromatic heterocycles. The molecule has 1 N–H and O–H groups in total. The van der Waals surface area contributed by atoms with Gasteiger partial charge in [-0.05, 0) is 54.0 Å². The lowest BCUT2D eigenvalue weighted by atomic mass is 10.1. The predicted molar refractivity (Wildman–Crippen MR) is 139 cm³/mol. The molecule has 0 unspecified atom stereocenters. The minimum Gasteiger partial charge on any atom is -0.467 e. The van der Waals surface area contributed by atoms with Crippen LogP contribution >= 0.6 is 0 Å². The van der Waals surface area contributed by atoms with E-state index in [0.29, 0.717) is 18.8 Å². The first-order valence-corrected chi connectivity index (χ1v) is 11.5. The summed E-state index contributed by atoms with van der Waals surface area (Å²) in [6.45, 7) is 2.84. The van der Waals surface area contributed by atoms with Crippen LogP contribution in [-0.4, -0.2) is 11.8 Å². The molecule has 0 aliphatic rings. The Morgan fingerprint density at radius 2 is 1.69 bits per heavy atom. The Hall–Kier alpha value is -4.38. The van der Waals surface area contributed by atoms with Crippen LogP contribution in [-0.2, 0) is 29.1 Å². The highest BCUT2D eigenvalue weighted by Gasteiger charge is 2.15. The topological polar surface area (TPSA) is 62.6 Å². The average molecular weight is 465 g/mol. The zero-order valence-electron chi connectivity index (χ0n) is 19.7. The summed E-state index contributed by atoms with van der Waals surface area (Å²) in [7, 11) is 0. The van der Waals surface area contributed by atoms with Crippen molar-refractivity contribution in [2.75, 3.05) is 4.90 Å². The highest BCUT2D eigenvalue weighted by atomic mass is 16.3. The SMILES string of the molecule is Cc1cccc(CN(C(=O)/C=C/c2ccccc2)c2ccc(CC(=O)NCc3ccco3)cc2)c1. The number of anilines is 1. The van der Waals surface area contributed by atoms with Crippen LogP contribution in [0.2, 0.25) is 0 Å². The van der Waals surface area contributed by atoms with Gasteiger partial charge in [-0.3, -0.25) is 9.59 Å². The number of hydrogen-bond acceptors (Lipinski definition) is 3. The van der Waals surface area contributed by atoms with Crippen molar-refractivity contribution in [3.63, 3.8) is 0 Å². The molecule has 0 atom stereocenters. The van der Waals surface area contributed by atoms with E-state index >= 15 is 0 Å². The van der Waals surface area contributed by atoms with E-state index in [1.807, 2.05) is 91.9 Å². The summed E-state index contributed by atoms with van der Waals surface area (Å²) in [6.07, 6.45) is 5.25. The van der Waals surface area contributed by atoms with Gasteiger partial charge in [-0.25, -0.2) is 0 Å². The molecule has 3 aromatic carbocycles. The molecule has 0 spiro atoms. The molecule has 0 aliphatic carbocycles. The Morgan fingerprint density at radius 1 is 0.886 bits per heavy atom. The van der Waals surface area contributed by atoms with Crippen LogP contribution in [0.1, 0.15) is 28.0 Å². The van der Waals surface area contributed by atoms with Crippen molar-refractivity contribution in [1.82, 2.24) is 5.32 Å². The third kappa shape index (κ3) is 7.05. The summed E-state index contributed by atoms with van der Waals surface area (Å²) in [5, 5.41) is 2.85. The molecule has 0 bridgehead atoms. The molecule has 4 rings (SSSR count). The Balaban J connectivity index is 1.48. The van der Waals surface area contributed by atoms with Crippen molar-refractivity contribution in [1.29, 1.82) is 0 Å². The van der Waals surface area contributed by atoms with E-state index in [1.54, 1.807) is 23.3 Å². The smallest absolute Gasteiger partial charge is 0.251 e. The van der Waals surface area contributed by atoms with E-state index in [2.05, 4.69) is 11.4 Å². The van der Waals surface area contributed by atoms with Crippen LogP contribution in [0, 0.1) is 6.92 Å². The minimum atomic E-state index is -0.112. The molecule has 0 fully saturated rings. The Labute approximate surface area is 205 Å². The standard InChI is InChI=1S/C30H28N2O3/c1-23-7-5-10-26(19-23)22-32(30(34)17-14-24-8-3-2-4-9-24)27-15-12-25(13-16-27)20-29(33)31-21-28-11-6-18-35-28/h2-19H,20-22H2,1H3,(H,31,33)/b17-14+. The number of carbonyl (C=O) groups excluding carboxylic acids is 2. The summed E-state index contributed by atoms with van der Waals surface area (Å²) in [4.78, 5) is 27.3. The fraction of sp³-hybridized carbons (Fsp3) is 0.133. The molecule has 0 saturated carbocycles. The Kier molecular flexibility index (Phi) is 7.92. The van der Waals surface area contributed by atoms with Gasteiger partial charge in [0.15, 0.2) is 0 Å². The Bertz CT molecular complexity index is 1280. The van der Waals surface area contributed by atoms with E-state index in [9.17, 15) is 9.59 Å². The van der Waals surface area contributed by atoms with Gasteiger partial charge in [0.25, 0.3) is 5.91 Å². The van der Waals surface area contributed by atoms with Crippen molar-refractivity contribution in [2.45, 2.75) is 26.4 Å². The maximum absolute atomic E-state index is 13.2. The number of aryl methyl sites for hydroxylation is 1. The average Bonchev–Trinajstić information content (AvgIpc) is 3.40. The van der Waals surface area contributed by atoms with Gasteiger partial charge < -0.3 is 14.6 Å². The van der Waals surface area contributed by atoms with Gasteiger partial charge in [0.1, 0.15) is 5.76 Å². The minimum absolute atomic E-state index is 0.0902. The second-order valence-corrected chi connectivity index (χ2v) is 8.36. The summed E-state index contributed by atoms with van der Waals surface area (Å²) in [5.74, 6) is 0.509. The quantitative estimate of drug-likeness (QED) is 0.324. The maximum atomic E-state index is 13.2. The molecule has 5 heteroatoms. The van der Waals surface area contributed by atoms with Gasteiger partial charge in [0.05, 0.1) is 25.8 Å². The van der Waals surface area contributed by atoms with E-state index in [4.69, 9.17) is 4.42 Å². The molecule has 35 heavy (non-hydrogen) atoms. The second kappa shape index (κ2) is 11.7. The number of furan rings is 1. The third-order valence-corrected chi connectivity index (χ3v) is 5.56. The number of nitrogens with zero attached hydrogens (tertiary/aromatic N) is 1. The largest absolute Gasteiger partial charge is 0.467 e. The van der Waals surface area contributed by atoms with E-state index in [-0.39, 0.29) is 18.2 Å². The van der Waals surface area contributed by atoms with Gasteiger partial charge in [0, 0.05) is 11.8 Å². The Morgan fingerprint density at radius 3 is 2.40 bits per heavy atom. The van der Waals surface area contributed by atoms with Crippen molar-refractivity contribution < 1.29 is 14.0 Å². The zero-order chi connectivity index (χ0) is 24.5. The van der Waals surface area contributed by atoms with Crippen LogP contribution in [0.5, 0.6) is 0 Å². The number of benzene rings is 3. The first kappa shape index (κ1) is 23.8. The molecule has 176 valence electrons. The molecule has 0 saturated heterocycles. The van der Waals surface area contributed by atoms with Crippen molar-refractivity contribution in [3.8, 4) is 0 Å². The van der Waals surface area contributed by atoms with Crippen molar-refractivity contribution >= 4 is 23.6 Å². The van der Waals surface area contributed by atoms with E-state index in [0.717, 1.165) is 27.9 Å². The van der Waals surface area contributed by atoms with Gasteiger partial charge in [-0.15, -0.1) is 0 Å². The molecule has 2 amide bonds. The van der Waals surface area contributed by atoms with Crippen molar-refractivity contribution in [2.24, 2.45) is 0 Å². The number of amides is 2. The van der Waals surface area contributed by atoms with Crippen molar-refractivity contribution in [3.05, 3.63) is 131 Å². The highest BCUT2D eigenvalue weighted by molar-refractivity contribution is 6.03. The van der Waals surface area contributed by atoms with Gasteiger partial charge in [-0.2, -0.15) is 0 Å². The van der Waals surface area contributed by atoms with Crippen LogP contribution in [0.3, 0.4) is 0 Å². The van der Waals surface area contributed by atoms with E-state index < -0.39 is 0 Å². The zero-order valence-corrected chi connectivity index (χ0v) is 19.7. The third-order valence-electron chi connectivity index (χ3n) is 5.56. The second-order valence-electron chi connectivity index (χ2n) is 8.36. The highest BCUT2D eigenvalue weighted by Crippen LogP contribution is 2.20. The first-order chi connectivity index (χ1) is 17.1. The summed E-state index contributed by atoms with van der Waals surface area (Å²) in [5.41, 5.74) is 4.80. The summed E-state index contributed by atoms with van der Waals surface area (Å²) in [6, 6.07) is 29.1. The first-order valence-electron chi connectivity index (χ1n) is 11.5. The van der Waals surface area contributed by atoms with Crippen LogP contribution in [0.4, 0.5) is 5.69 Å². The lowest BCUT2D eigenvalue weighted by molar-refractivity contribution is -0.120. The monoisotopic (exact) mass is 464 g/mol. The molecule has 5 nitrogen and oxygen atoms in total. The van der Waals surface area contributed by atoms with Crippen LogP contribution < -0.4 is 10.2 Å². The fourth-order valence-corrected chi connectivity index (χ4v) is 3.75. The van der Waals surface area contributed by atoms with Crippen LogP contribution in [0.25, 0.3) is 6.08 Å². The summed E-state index contributed by atoms with van der Waals surface area (Å²) >= 11 is 0. The molecule has 4 aromatic rings. The van der Waals surface area contributed by atoms with Gasteiger partial charge >= 0.3 is 0 Å². The molecule has 0 radical (unpaired) electrons. The normalized spacial score (nSPS) is 10.9. The molecule has 0 aliphatic heterocycles. The fourth-order valence-electron chi connectivity index (χ4n) is 3.75. The molecular formula is C30H28N2O3. The number of nitrogens with one attached hydrogen (secondary N) is 1. The van der Waals surface area contributed by atoms with Gasteiger partial charge in [0.2, 0.25) is 5.91 Å². The number of carbonyl (C=O) groups is 2. The lowest BCUT2D eigenvalue weighted by Gasteiger charge is -2.22. The molecule has 1 heterocycles. The van der Waals surface area contributed by atoms with E-state index in [1.165, 1.54) is 0 Å². The summed E-state index contributed by atoms with van der Waals surface area (Å²) < 4.78 is 5.25. The van der Waals surface area contributed by atoms with Crippen LogP contribution in [0.15, 0.2) is 108 Å².